The summed E-state index contributed by atoms with van der Waals surface area (Å²) < 4.78 is 28.8. The molecule has 1 aliphatic heterocycles. The molecule has 0 bridgehead atoms. The van der Waals surface area contributed by atoms with Gasteiger partial charge in [0.1, 0.15) is 18.1 Å². The molecule has 0 aromatic heterocycles. The molecule has 0 saturated carbocycles. The highest BCUT2D eigenvalue weighted by Gasteiger charge is 2.34. The van der Waals surface area contributed by atoms with Gasteiger partial charge in [-0.2, -0.15) is 13.1 Å². The minimum absolute atomic E-state index is 0.0108. The summed E-state index contributed by atoms with van der Waals surface area (Å²) in [7, 11) is -2.29. The van der Waals surface area contributed by atoms with Gasteiger partial charge in [-0.1, -0.05) is 87.4 Å². The van der Waals surface area contributed by atoms with Crippen LogP contribution in [0.25, 0.3) is 0 Å². The molecule has 15 heteroatoms. The maximum Gasteiger partial charge on any atom is 0.276 e. The summed E-state index contributed by atoms with van der Waals surface area (Å²) in [5.41, 5.74) is 13.7. The molecule has 1 fully saturated rings. The standard InChI is InChI=1S/C37H58N8O6S/c1-26(2)23-32(35(47)41-31(17-11-6-12-20-38)37(49)45-21-18-29(19-22-45)44-52(50,51)40-3)43-36(48)33(25-28-15-9-5-10-16-28)42-34(46)30(39)24-27-13-7-4-8-14-27/h4-5,7-10,13-16,26,29-33,40,44H,6,11-12,17-25,38-39H2,1-3H3,(H,41,47)(H,42,46)(H,43,48)/t30-,31-,32-,33-/m1/s1. The highest BCUT2D eigenvalue weighted by Crippen LogP contribution is 2.16. The van der Waals surface area contributed by atoms with Gasteiger partial charge in [-0.3, -0.25) is 19.2 Å². The van der Waals surface area contributed by atoms with Crippen molar-refractivity contribution in [2.24, 2.45) is 17.4 Å². The van der Waals surface area contributed by atoms with Crippen LogP contribution < -0.4 is 36.9 Å². The zero-order valence-electron chi connectivity index (χ0n) is 30.7. The molecule has 2 aromatic carbocycles. The van der Waals surface area contributed by atoms with Crippen molar-refractivity contribution in [3.63, 3.8) is 0 Å². The number of rotatable bonds is 21. The first kappa shape index (κ1) is 42.5. The highest BCUT2D eigenvalue weighted by molar-refractivity contribution is 7.87. The van der Waals surface area contributed by atoms with Crippen molar-refractivity contribution in [1.82, 2.24) is 30.3 Å². The van der Waals surface area contributed by atoms with Gasteiger partial charge in [-0.15, -0.1) is 0 Å². The Morgan fingerprint density at radius 3 is 1.87 bits per heavy atom. The second kappa shape index (κ2) is 21.6. The largest absolute Gasteiger partial charge is 0.343 e. The van der Waals surface area contributed by atoms with Crippen molar-refractivity contribution in [2.75, 3.05) is 26.7 Å². The predicted octanol–water partition coefficient (Wildman–Crippen LogP) is 0.864. The lowest BCUT2D eigenvalue weighted by Crippen LogP contribution is -2.59. The zero-order chi connectivity index (χ0) is 38.1. The molecule has 0 spiro atoms. The van der Waals surface area contributed by atoms with Gasteiger partial charge in [0.05, 0.1) is 6.04 Å². The summed E-state index contributed by atoms with van der Waals surface area (Å²) in [5.74, 6) is -1.78. The summed E-state index contributed by atoms with van der Waals surface area (Å²) in [6, 6.07) is 14.6. The predicted molar refractivity (Wildman–Crippen MR) is 202 cm³/mol. The second-order valence-electron chi connectivity index (χ2n) is 13.9. The summed E-state index contributed by atoms with van der Waals surface area (Å²) in [5, 5.41) is 8.63. The first-order valence-electron chi connectivity index (χ1n) is 18.3. The quantitative estimate of drug-likeness (QED) is 0.0909. The first-order valence-corrected chi connectivity index (χ1v) is 19.7. The van der Waals surface area contributed by atoms with Crippen LogP contribution in [0.5, 0.6) is 0 Å². The van der Waals surface area contributed by atoms with Crippen LogP contribution in [0.2, 0.25) is 0 Å². The van der Waals surface area contributed by atoms with Crippen LogP contribution in [0.4, 0.5) is 0 Å². The minimum Gasteiger partial charge on any atom is -0.343 e. The molecule has 288 valence electrons. The van der Waals surface area contributed by atoms with Gasteiger partial charge in [0, 0.05) is 32.6 Å². The van der Waals surface area contributed by atoms with Crippen molar-refractivity contribution in [3.05, 3.63) is 71.8 Å². The normalized spacial score (nSPS) is 16.1. The number of nitrogens with two attached hydrogens (primary N) is 2. The number of carbonyl (C=O) groups excluding carboxylic acids is 4. The van der Waals surface area contributed by atoms with E-state index in [1.807, 2.05) is 74.5 Å². The average molecular weight is 743 g/mol. The number of piperidine rings is 1. The molecule has 1 aliphatic rings. The van der Waals surface area contributed by atoms with Crippen LogP contribution in [0, 0.1) is 5.92 Å². The van der Waals surface area contributed by atoms with E-state index in [4.69, 9.17) is 11.5 Å². The summed E-state index contributed by atoms with van der Waals surface area (Å²) in [6.07, 6.45) is 4.20. The number of unbranched alkanes of at least 4 members (excludes halogenated alkanes) is 2. The van der Waals surface area contributed by atoms with E-state index < -0.39 is 52.1 Å². The van der Waals surface area contributed by atoms with Crippen LogP contribution in [-0.2, 0) is 42.2 Å². The van der Waals surface area contributed by atoms with Crippen molar-refractivity contribution in [3.8, 4) is 0 Å². The molecule has 52 heavy (non-hydrogen) atoms. The van der Waals surface area contributed by atoms with Crippen molar-refractivity contribution >= 4 is 33.8 Å². The Morgan fingerprint density at radius 1 is 0.769 bits per heavy atom. The zero-order valence-corrected chi connectivity index (χ0v) is 31.5. The topological polar surface area (TPSA) is 218 Å². The maximum absolute atomic E-state index is 13.9. The van der Waals surface area contributed by atoms with Crippen LogP contribution >= 0.6 is 0 Å². The van der Waals surface area contributed by atoms with Crippen LogP contribution in [0.15, 0.2) is 60.7 Å². The second-order valence-corrected chi connectivity index (χ2v) is 15.5. The fourth-order valence-electron chi connectivity index (χ4n) is 6.19. The number of hydrogen-bond donors (Lipinski definition) is 7. The molecular weight excluding hydrogens is 685 g/mol. The molecule has 14 nitrogen and oxygen atoms in total. The third kappa shape index (κ3) is 14.6. The molecule has 0 radical (unpaired) electrons. The third-order valence-electron chi connectivity index (χ3n) is 9.10. The molecule has 2 aromatic rings. The fourth-order valence-corrected chi connectivity index (χ4v) is 6.98. The molecule has 0 aliphatic carbocycles. The number of amides is 4. The monoisotopic (exact) mass is 742 g/mol. The number of hydrogen-bond acceptors (Lipinski definition) is 8. The van der Waals surface area contributed by atoms with Crippen LogP contribution in [-0.4, -0.2) is 93.8 Å². The van der Waals surface area contributed by atoms with Gasteiger partial charge in [-0.25, -0.2) is 4.72 Å². The SMILES string of the molecule is CNS(=O)(=O)NC1CCN(C(=O)[C@@H](CCCCCN)NC(=O)[C@@H](CC(C)C)NC(=O)[C@@H](Cc2ccccc2)NC(=O)[C@H](N)Cc2ccccc2)CC1. The summed E-state index contributed by atoms with van der Waals surface area (Å²) in [4.78, 5) is 56.7. The Labute approximate surface area is 308 Å². The Hall–Kier alpha value is -3.89. The number of nitrogens with zero attached hydrogens (tertiary/aromatic N) is 1. The van der Waals surface area contributed by atoms with E-state index in [-0.39, 0.29) is 30.7 Å². The van der Waals surface area contributed by atoms with Crippen LogP contribution in [0.3, 0.4) is 0 Å². The van der Waals surface area contributed by atoms with E-state index in [1.54, 1.807) is 4.90 Å². The lowest BCUT2D eigenvalue weighted by Gasteiger charge is -2.35. The van der Waals surface area contributed by atoms with Gasteiger partial charge in [0.25, 0.3) is 10.2 Å². The number of likely N-dealkylation sites (tertiary alicyclic amines) is 1. The highest BCUT2D eigenvalue weighted by atomic mass is 32.2. The molecule has 4 amide bonds. The van der Waals surface area contributed by atoms with Gasteiger partial charge in [0.15, 0.2) is 0 Å². The van der Waals surface area contributed by atoms with E-state index in [0.29, 0.717) is 51.7 Å². The lowest BCUT2D eigenvalue weighted by molar-refractivity contribution is -0.138. The van der Waals surface area contributed by atoms with E-state index in [9.17, 15) is 27.6 Å². The fraction of sp³-hybridized carbons (Fsp3) is 0.568. The Balaban J connectivity index is 1.75. The van der Waals surface area contributed by atoms with E-state index in [2.05, 4.69) is 25.4 Å². The van der Waals surface area contributed by atoms with Gasteiger partial charge >= 0.3 is 0 Å². The summed E-state index contributed by atoms with van der Waals surface area (Å²) in [6.45, 7) is 5.02. The van der Waals surface area contributed by atoms with Crippen molar-refractivity contribution in [1.29, 1.82) is 0 Å². The molecule has 1 heterocycles. The molecule has 0 unspecified atom stereocenters. The number of benzene rings is 2. The molecule has 1 saturated heterocycles. The molecule has 4 atom stereocenters. The Bertz CT molecular complexity index is 1520. The van der Waals surface area contributed by atoms with E-state index in [1.165, 1.54) is 7.05 Å². The minimum atomic E-state index is -3.62. The smallest absolute Gasteiger partial charge is 0.276 e. The van der Waals surface area contributed by atoms with Crippen LogP contribution in [0.1, 0.15) is 69.9 Å². The lowest BCUT2D eigenvalue weighted by atomic mass is 9.99. The van der Waals surface area contributed by atoms with Gasteiger partial charge < -0.3 is 32.3 Å². The van der Waals surface area contributed by atoms with E-state index in [0.717, 1.165) is 24.0 Å². The maximum atomic E-state index is 13.9. The van der Waals surface area contributed by atoms with Gasteiger partial charge in [-0.05, 0) is 62.1 Å². The van der Waals surface area contributed by atoms with Crippen molar-refractivity contribution in [2.45, 2.75) is 102 Å². The molecule has 9 N–H and O–H groups in total. The molecule has 3 rings (SSSR count). The number of nitrogens with one attached hydrogen (secondary N) is 5. The number of carbonyl (C=O) groups is 4. The average Bonchev–Trinajstić information content (AvgIpc) is 3.12. The Morgan fingerprint density at radius 2 is 1.31 bits per heavy atom. The van der Waals surface area contributed by atoms with Crippen molar-refractivity contribution < 1.29 is 27.6 Å². The third-order valence-corrected chi connectivity index (χ3v) is 10.3. The first-order chi connectivity index (χ1) is 24.8. The van der Waals surface area contributed by atoms with Gasteiger partial charge in [0.2, 0.25) is 23.6 Å². The molecular formula is C37H58N8O6S. The van der Waals surface area contributed by atoms with E-state index >= 15 is 0 Å². The summed E-state index contributed by atoms with van der Waals surface area (Å²) >= 11 is 0. The Kier molecular flexibility index (Phi) is 17.7.